The van der Waals surface area contributed by atoms with Gasteiger partial charge in [-0.05, 0) is 24.6 Å². The molecule has 0 bridgehead atoms. The Kier molecular flexibility index (Phi) is 6.07. The minimum absolute atomic E-state index is 0.203. The molecule has 9 nitrogen and oxygen atoms in total. The summed E-state index contributed by atoms with van der Waals surface area (Å²) in [6, 6.07) is 6.97. The number of hydrogen-bond donors (Lipinski definition) is 3. The van der Waals surface area contributed by atoms with Crippen molar-refractivity contribution in [3.05, 3.63) is 52.1 Å². The predicted molar refractivity (Wildman–Crippen MR) is 93.3 cm³/mol. The van der Waals surface area contributed by atoms with Crippen LogP contribution in [0, 0.1) is 6.92 Å². The van der Waals surface area contributed by atoms with Crippen LogP contribution in [0.2, 0.25) is 0 Å². The quantitative estimate of drug-likeness (QED) is 0.580. The summed E-state index contributed by atoms with van der Waals surface area (Å²) < 4.78 is 17.4. The molecule has 2 aromatic rings. The fraction of sp³-hybridized carbons (Fsp3) is 0.444. The molecule has 0 radical (unpaired) electrons. The van der Waals surface area contributed by atoms with Gasteiger partial charge >= 0.3 is 5.69 Å². The molecule has 1 aromatic heterocycles. The van der Waals surface area contributed by atoms with E-state index in [2.05, 4.69) is 4.98 Å². The predicted octanol–water partition coefficient (Wildman–Crippen LogP) is 0.100. The number of hydrogen-bond acceptors (Lipinski definition) is 8. The molecule has 3 atom stereocenters. The van der Waals surface area contributed by atoms with Gasteiger partial charge in [-0.25, -0.2) is 4.79 Å². The molecule has 1 saturated heterocycles. The lowest BCUT2D eigenvalue weighted by Crippen LogP contribution is -2.28. The Bertz CT molecular complexity index is 821. The summed E-state index contributed by atoms with van der Waals surface area (Å²) in [5, 5.41) is 27.7. The maximum Gasteiger partial charge on any atom is 0.352 e. The van der Waals surface area contributed by atoms with Crippen molar-refractivity contribution in [3.8, 4) is 11.6 Å². The first-order chi connectivity index (χ1) is 13.0. The molecule has 3 N–H and O–H groups in total. The van der Waals surface area contributed by atoms with Crippen LogP contribution in [0.5, 0.6) is 11.6 Å². The lowest BCUT2D eigenvalue weighted by molar-refractivity contribution is -0.0460. The first-order valence-corrected chi connectivity index (χ1v) is 8.51. The molecule has 1 aliphatic rings. The number of benzene rings is 1. The number of rotatable bonds is 7. The summed E-state index contributed by atoms with van der Waals surface area (Å²) in [7, 11) is 0. The summed E-state index contributed by atoms with van der Waals surface area (Å²) in [6.07, 6.45) is -0.449. The molecular formula is C18H22N2O7. The number of nitrogens with zero attached hydrogens (tertiary/aromatic N) is 2. The van der Waals surface area contributed by atoms with Crippen LogP contribution >= 0.6 is 0 Å². The number of ether oxygens (including phenoxy) is 3. The molecular weight excluding hydrogens is 356 g/mol. The zero-order chi connectivity index (χ0) is 19.4. The van der Waals surface area contributed by atoms with Crippen molar-refractivity contribution in [2.24, 2.45) is 0 Å². The number of aliphatic hydroxyl groups is 3. The maximum absolute atomic E-state index is 12.3. The van der Waals surface area contributed by atoms with E-state index in [0.29, 0.717) is 11.3 Å². The highest BCUT2D eigenvalue weighted by atomic mass is 16.6. The van der Waals surface area contributed by atoms with Gasteiger partial charge in [-0.15, -0.1) is 0 Å². The minimum atomic E-state index is -0.832. The summed E-state index contributed by atoms with van der Waals surface area (Å²) in [4.78, 5) is 16.3. The first kappa shape index (κ1) is 19.3. The highest BCUT2D eigenvalue weighted by Gasteiger charge is 2.35. The van der Waals surface area contributed by atoms with Crippen molar-refractivity contribution in [2.45, 2.75) is 38.4 Å². The van der Waals surface area contributed by atoms with Crippen LogP contribution in [0.1, 0.15) is 23.8 Å². The topological polar surface area (TPSA) is 123 Å². The fourth-order valence-electron chi connectivity index (χ4n) is 2.86. The van der Waals surface area contributed by atoms with Crippen LogP contribution in [-0.2, 0) is 11.3 Å². The highest BCUT2D eigenvalue weighted by Crippen LogP contribution is 2.28. The van der Waals surface area contributed by atoms with Gasteiger partial charge in [-0.3, -0.25) is 4.57 Å². The zero-order valence-electron chi connectivity index (χ0n) is 14.8. The largest absolute Gasteiger partial charge is 0.472 e. The van der Waals surface area contributed by atoms with E-state index < -0.39 is 30.9 Å². The summed E-state index contributed by atoms with van der Waals surface area (Å²) >= 11 is 0. The summed E-state index contributed by atoms with van der Waals surface area (Å²) in [5.41, 5.74) is 0.928. The molecule has 27 heavy (non-hydrogen) atoms. The second-order valence-corrected chi connectivity index (χ2v) is 6.24. The van der Waals surface area contributed by atoms with Crippen LogP contribution < -0.4 is 15.2 Å². The third-order valence-electron chi connectivity index (χ3n) is 4.31. The second-order valence-electron chi connectivity index (χ2n) is 6.24. The molecule has 2 heterocycles. The van der Waals surface area contributed by atoms with Crippen LogP contribution in [0.4, 0.5) is 0 Å². The minimum Gasteiger partial charge on any atom is -0.472 e. The zero-order valence-corrected chi connectivity index (χ0v) is 14.8. The molecule has 1 aliphatic heterocycles. The van der Waals surface area contributed by atoms with Gasteiger partial charge in [0.05, 0.1) is 12.7 Å². The van der Waals surface area contributed by atoms with Crippen LogP contribution in [0.3, 0.4) is 0 Å². The molecule has 0 unspecified atom stereocenters. The molecule has 1 fully saturated rings. The van der Waals surface area contributed by atoms with Gasteiger partial charge in [0, 0.05) is 18.2 Å². The van der Waals surface area contributed by atoms with E-state index in [1.165, 1.54) is 4.57 Å². The van der Waals surface area contributed by atoms with Crippen molar-refractivity contribution < 1.29 is 29.5 Å². The summed E-state index contributed by atoms with van der Waals surface area (Å²) in [6.45, 7) is 1.26. The average molecular weight is 378 g/mol. The van der Waals surface area contributed by atoms with E-state index in [4.69, 9.17) is 24.4 Å². The van der Waals surface area contributed by atoms with Crippen molar-refractivity contribution in [2.75, 3.05) is 13.4 Å². The third kappa shape index (κ3) is 4.45. The monoisotopic (exact) mass is 378 g/mol. The Labute approximate surface area is 155 Å². The first-order valence-electron chi connectivity index (χ1n) is 8.51. The van der Waals surface area contributed by atoms with E-state index in [1.54, 1.807) is 37.4 Å². The lowest BCUT2D eigenvalue weighted by atomic mass is 10.2. The molecule has 3 rings (SSSR count). The SMILES string of the molecule is Cc1cn([C@H]2C[C@H](O)[C@@H](CO)O2)c(=O)nc1OCc1ccc(OCO)cc1. The Morgan fingerprint density at radius 3 is 2.63 bits per heavy atom. The normalized spacial score (nSPS) is 22.0. The smallest absolute Gasteiger partial charge is 0.352 e. The third-order valence-corrected chi connectivity index (χ3v) is 4.31. The Balaban J connectivity index is 1.69. The van der Waals surface area contributed by atoms with Crippen LogP contribution in [-0.4, -0.2) is 50.5 Å². The van der Waals surface area contributed by atoms with Gasteiger partial charge in [-0.2, -0.15) is 4.98 Å². The van der Waals surface area contributed by atoms with Gasteiger partial charge in [0.15, 0.2) is 6.79 Å². The van der Waals surface area contributed by atoms with Crippen molar-refractivity contribution in [3.63, 3.8) is 0 Å². The molecule has 9 heteroatoms. The van der Waals surface area contributed by atoms with Crippen LogP contribution in [0.15, 0.2) is 35.3 Å². The highest BCUT2D eigenvalue weighted by molar-refractivity contribution is 5.27. The Hall–Kier alpha value is -2.46. The van der Waals surface area contributed by atoms with Crippen LogP contribution in [0.25, 0.3) is 0 Å². The standard InChI is InChI=1S/C18H22N2O7/c1-11-7-20(16-6-14(23)15(8-21)27-16)18(24)19-17(11)25-9-12-2-4-13(5-3-12)26-10-22/h2-5,7,14-16,21-23H,6,8-10H2,1H3/t14-,15+,16+/m0/s1. The molecule has 0 amide bonds. The van der Waals surface area contributed by atoms with E-state index in [0.717, 1.165) is 5.56 Å². The molecule has 1 aromatic carbocycles. The molecule has 0 spiro atoms. The number of aromatic nitrogens is 2. The van der Waals surface area contributed by atoms with Gasteiger partial charge < -0.3 is 29.5 Å². The van der Waals surface area contributed by atoms with E-state index >= 15 is 0 Å². The molecule has 146 valence electrons. The van der Waals surface area contributed by atoms with E-state index in [9.17, 15) is 9.90 Å². The van der Waals surface area contributed by atoms with E-state index in [1.807, 2.05) is 0 Å². The number of aryl methyl sites for hydroxylation is 1. The molecule has 0 saturated carbocycles. The second kappa shape index (κ2) is 8.49. The Morgan fingerprint density at radius 2 is 2.00 bits per heavy atom. The van der Waals surface area contributed by atoms with Gasteiger partial charge in [0.1, 0.15) is 24.7 Å². The van der Waals surface area contributed by atoms with Gasteiger partial charge in [0.2, 0.25) is 5.88 Å². The van der Waals surface area contributed by atoms with E-state index in [-0.39, 0.29) is 25.5 Å². The number of aliphatic hydroxyl groups excluding tert-OH is 3. The Morgan fingerprint density at radius 1 is 1.26 bits per heavy atom. The van der Waals surface area contributed by atoms with Gasteiger partial charge in [0.25, 0.3) is 0 Å². The van der Waals surface area contributed by atoms with Gasteiger partial charge in [-0.1, -0.05) is 12.1 Å². The summed E-state index contributed by atoms with van der Waals surface area (Å²) in [5.74, 6) is 0.752. The maximum atomic E-state index is 12.3. The van der Waals surface area contributed by atoms with Crippen molar-refractivity contribution in [1.82, 2.24) is 9.55 Å². The molecule has 0 aliphatic carbocycles. The van der Waals surface area contributed by atoms with Crippen molar-refractivity contribution in [1.29, 1.82) is 0 Å². The average Bonchev–Trinajstić information content (AvgIpc) is 3.04. The fourth-order valence-corrected chi connectivity index (χ4v) is 2.86. The lowest BCUT2D eigenvalue weighted by Gasteiger charge is -2.16. The van der Waals surface area contributed by atoms with Crippen molar-refractivity contribution >= 4 is 0 Å².